The minimum atomic E-state index is -0.258. The Hall–Kier alpha value is -2.60. The first-order chi connectivity index (χ1) is 14.7. The maximum Gasteiger partial charge on any atom is 0.195 e. The van der Waals surface area contributed by atoms with Crippen LogP contribution < -0.4 is 14.9 Å². The number of nitrogens with one attached hydrogen (secondary N) is 1. The number of thioether (sulfide) groups is 1. The van der Waals surface area contributed by atoms with Gasteiger partial charge < -0.3 is 14.9 Å². The zero-order valence-corrected chi connectivity index (χ0v) is 18.2. The van der Waals surface area contributed by atoms with E-state index in [2.05, 4.69) is 59.2 Å². The van der Waals surface area contributed by atoms with Crippen molar-refractivity contribution in [2.45, 2.75) is 17.2 Å². The number of fused-ring (bicyclic) bond motifs is 3. The van der Waals surface area contributed by atoms with E-state index in [1.165, 1.54) is 4.90 Å². The molecule has 4 nitrogen and oxygen atoms in total. The lowest BCUT2D eigenvalue weighted by Gasteiger charge is -2.39. The molecule has 0 aromatic heterocycles. The van der Waals surface area contributed by atoms with E-state index in [0.29, 0.717) is 5.02 Å². The monoisotopic (exact) mass is 436 g/mol. The highest BCUT2D eigenvalue weighted by Crippen LogP contribution is 2.46. The van der Waals surface area contributed by atoms with Crippen molar-refractivity contribution >= 4 is 29.1 Å². The molecule has 30 heavy (non-hydrogen) atoms. The summed E-state index contributed by atoms with van der Waals surface area (Å²) in [6.45, 7) is 0. The minimum absolute atomic E-state index is 0.00905. The van der Waals surface area contributed by atoms with Crippen molar-refractivity contribution in [3.63, 3.8) is 0 Å². The number of ether oxygens (including phenoxy) is 2. The molecule has 2 aliphatic heterocycles. The number of hydrazine groups is 1. The van der Waals surface area contributed by atoms with Crippen molar-refractivity contribution in [3.8, 4) is 11.5 Å². The molecular weight excluding hydrogens is 416 g/mol. The second kappa shape index (κ2) is 7.91. The van der Waals surface area contributed by atoms with Gasteiger partial charge in [-0.25, -0.2) is 0 Å². The average molecular weight is 437 g/mol. The van der Waals surface area contributed by atoms with E-state index in [1.807, 2.05) is 30.3 Å². The van der Waals surface area contributed by atoms with Crippen LogP contribution in [-0.4, -0.2) is 18.4 Å². The molecule has 3 aromatic carbocycles. The molecule has 2 aliphatic rings. The van der Waals surface area contributed by atoms with Crippen molar-refractivity contribution in [2.75, 3.05) is 13.4 Å². The zero-order valence-electron chi connectivity index (χ0n) is 16.6. The summed E-state index contributed by atoms with van der Waals surface area (Å²) in [5.74, 6) is 1.69. The molecule has 2 atom stereocenters. The molecule has 0 amide bonds. The number of nitrogens with zero attached hydrogens (tertiary/aromatic N) is 1. The van der Waals surface area contributed by atoms with E-state index < -0.39 is 0 Å². The molecule has 0 aliphatic carbocycles. The highest BCUT2D eigenvalue weighted by Gasteiger charge is 2.40. The van der Waals surface area contributed by atoms with Gasteiger partial charge in [-0.2, -0.15) is 5.01 Å². The van der Waals surface area contributed by atoms with E-state index in [1.54, 1.807) is 18.9 Å². The predicted molar refractivity (Wildman–Crippen MR) is 122 cm³/mol. The molecule has 2 unspecified atom stereocenters. The van der Waals surface area contributed by atoms with Gasteiger partial charge >= 0.3 is 0 Å². The van der Waals surface area contributed by atoms with Gasteiger partial charge in [0.05, 0.1) is 18.8 Å². The first kappa shape index (κ1) is 19.4. The Morgan fingerprint density at radius 3 is 2.50 bits per heavy atom. The van der Waals surface area contributed by atoms with Crippen LogP contribution in [0.1, 0.15) is 29.0 Å². The Balaban J connectivity index is 1.55. The molecule has 0 fully saturated rings. The average Bonchev–Trinajstić information content (AvgIpc) is 3.24. The van der Waals surface area contributed by atoms with E-state index in [4.69, 9.17) is 21.1 Å². The zero-order chi connectivity index (χ0) is 20.7. The van der Waals surface area contributed by atoms with Gasteiger partial charge in [-0.15, -0.1) is 11.8 Å². The van der Waals surface area contributed by atoms with E-state index >= 15 is 0 Å². The van der Waals surface area contributed by atoms with Gasteiger partial charge in [-0.05, 0) is 72.5 Å². The Labute approximate surface area is 185 Å². The Kier molecular flexibility index (Phi) is 5.11. The van der Waals surface area contributed by atoms with Crippen LogP contribution in [0.2, 0.25) is 5.02 Å². The predicted octanol–water partition coefficient (Wildman–Crippen LogP) is 6.06. The Morgan fingerprint density at radius 1 is 1.03 bits per heavy atom. The molecule has 1 N–H and O–H groups in total. The van der Waals surface area contributed by atoms with Crippen molar-refractivity contribution in [1.29, 1.82) is 0 Å². The maximum absolute atomic E-state index is 6.43. The van der Waals surface area contributed by atoms with Gasteiger partial charge in [-0.1, -0.05) is 23.7 Å². The van der Waals surface area contributed by atoms with Crippen LogP contribution in [0.3, 0.4) is 0 Å². The molecule has 0 radical (unpaired) electrons. The Morgan fingerprint density at radius 2 is 1.80 bits per heavy atom. The van der Waals surface area contributed by atoms with E-state index in [9.17, 15) is 0 Å². The lowest BCUT2D eigenvalue weighted by atomic mass is 10.0. The summed E-state index contributed by atoms with van der Waals surface area (Å²) < 4.78 is 11.7. The molecule has 6 heteroatoms. The quantitative estimate of drug-likeness (QED) is 0.502. The van der Waals surface area contributed by atoms with E-state index in [0.717, 1.165) is 33.9 Å². The van der Waals surface area contributed by atoms with Crippen LogP contribution in [0.15, 0.2) is 77.7 Å². The molecule has 0 bridgehead atoms. The molecule has 0 saturated carbocycles. The van der Waals surface area contributed by atoms with Crippen LogP contribution in [0.25, 0.3) is 5.70 Å². The van der Waals surface area contributed by atoms with Crippen LogP contribution in [0.4, 0.5) is 0 Å². The van der Waals surface area contributed by atoms with Gasteiger partial charge in [-0.3, -0.25) is 0 Å². The summed E-state index contributed by atoms with van der Waals surface area (Å²) in [5.41, 5.74) is 7.83. The van der Waals surface area contributed by atoms with Gasteiger partial charge in [0.15, 0.2) is 6.23 Å². The first-order valence-corrected chi connectivity index (χ1v) is 11.3. The third kappa shape index (κ3) is 3.43. The number of hydrogen-bond acceptors (Lipinski definition) is 5. The van der Waals surface area contributed by atoms with Crippen LogP contribution in [0, 0.1) is 0 Å². The molecule has 152 valence electrons. The van der Waals surface area contributed by atoms with Crippen LogP contribution in [-0.2, 0) is 0 Å². The molecule has 3 aromatic rings. The largest absolute Gasteiger partial charge is 0.497 e. The smallest absolute Gasteiger partial charge is 0.195 e. The van der Waals surface area contributed by atoms with Gasteiger partial charge in [0.1, 0.15) is 11.5 Å². The van der Waals surface area contributed by atoms with Gasteiger partial charge in [0.2, 0.25) is 0 Å². The van der Waals surface area contributed by atoms with Gasteiger partial charge in [0, 0.05) is 21.0 Å². The summed E-state index contributed by atoms with van der Waals surface area (Å²) in [7, 11) is 1.67. The Bertz CT molecular complexity index is 1100. The lowest BCUT2D eigenvalue weighted by molar-refractivity contribution is -0.0326. The molecule has 5 rings (SSSR count). The van der Waals surface area contributed by atoms with Crippen molar-refractivity contribution in [1.82, 2.24) is 10.4 Å². The van der Waals surface area contributed by atoms with E-state index in [-0.39, 0.29) is 12.3 Å². The topological polar surface area (TPSA) is 33.7 Å². The van der Waals surface area contributed by atoms with Crippen molar-refractivity contribution in [3.05, 3.63) is 94.5 Å². The molecular formula is C24H21ClN2O2S. The number of rotatable bonds is 4. The highest BCUT2D eigenvalue weighted by atomic mass is 35.5. The third-order valence-corrected chi connectivity index (χ3v) is 6.44. The summed E-state index contributed by atoms with van der Waals surface area (Å²) in [6.07, 6.45) is 4.05. The summed E-state index contributed by atoms with van der Waals surface area (Å²) in [4.78, 5) is 1.23. The second-order valence-electron chi connectivity index (χ2n) is 7.20. The van der Waals surface area contributed by atoms with Crippen molar-refractivity contribution < 1.29 is 9.47 Å². The van der Waals surface area contributed by atoms with Crippen molar-refractivity contribution in [2.24, 2.45) is 0 Å². The lowest BCUT2D eigenvalue weighted by Crippen LogP contribution is -2.43. The number of hydrogen-bond donors (Lipinski definition) is 1. The molecule has 2 heterocycles. The summed E-state index contributed by atoms with van der Waals surface area (Å²) >= 11 is 8.04. The minimum Gasteiger partial charge on any atom is -0.497 e. The maximum atomic E-state index is 6.43. The fraction of sp³-hybridized carbons (Fsp3) is 0.167. The normalized spacial score (nSPS) is 19.9. The SMILES string of the molecule is COc1ccc(C2=CC3c4cc(Cl)ccc4OC(c4ccc(SC)cc4)N3N2)cc1. The fourth-order valence-corrected chi connectivity index (χ4v) is 4.48. The third-order valence-electron chi connectivity index (χ3n) is 5.46. The standard InChI is InChI=1S/C24H21ClN2O2S/c1-28-18-8-3-15(4-9-18)21-14-22-20-13-17(25)7-12-23(20)29-24(27(22)26-21)16-5-10-19(30-2)11-6-16/h3-14,22,24,26H,1-2H3. The molecule has 0 saturated heterocycles. The highest BCUT2D eigenvalue weighted by molar-refractivity contribution is 7.98. The summed E-state index contributed by atoms with van der Waals surface area (Å²) in [6, 6.07) is 22.4. The summed E-state index contributed by atoms with van der Waals surface area (Å²) in [5, 5.41) is 2.85. The number of benzene rings is 3. The first-order valence-electron chi connectivity index (χ1n) is 9.67. The number of halogens is 1. The van der Waals surface area contributed by atoms with Gasteiger partial charge in [0.25, 0.3) is 0 Å². The van der Waals surface area contributed by atoms with Crippen LogP contribution >= 0.6 is 23.4 Å². The fourth-order valence-electron chi connectivity index (χ4n) is 3.89. The van der Waals surface area contributed by atoms with Crippen LogP contribution in [0.5, 0.6) is 11.5 Å². The molecule has 0 spiro atoms. The number of methoxy groups -OCH3 is 1. The second-order valence-corrected chi connectivity index (χ2v) is 8.51.